The monoisotopic (exact) mass is 318 g/mol. The van der Waals surface area contributed by atoms with Crippen LogP contribution < -0.4 is 4.90 Å². The van der Waals surface area contributed by atoms with Crippen molar-refractivity contribution in [2.24, 2.45) is 0 Å². The molecule has 2 aliphatic rings. The number of nitrogens with zero attached hydrogens (tertiary/aromatic N) is 2. The summed E-state index contributed by atoms with van der Waals surface area (Å²) in [4.78, 5) is 16.7. The Morgan fingerprint density at radius 3 is 2.57 bits per heavy atom. The lowest BCUT2D eigenvalue weighted by Crippen LogP contribution is -2.49. The summed E-state index contributed by atoms with van der Waals surface area (Å²) in [6, 6.07) is 8.31. The molecule has 0 saturated carbocycles. The van der Waals surface area contributed by atoms with E-state index in [9.17, 15) is 4.79 Å². The zero-order valence-electron chi connectivity index (χ0n) is 14.1. The highest BCUT2D eigenvalue weighted by atomic mass is 16.7. The standard InChI is InChI=1S/C18H26N2O3/c1-3-19(16-6-4-5-15(2)13-16)14-17(21)20-9-7-18(8-10-20)22-11-12-23-18/h4-6,13H,3,7-12,14H2,1-2H3. The summed E-state index contributed by atoms with van der Waals surface area (Å²) < 4.78 is 11.4. The van der Waals surface area contributed by atoms with E-state index in [1.165, 1.54) is 5.56 Å². The van der Waals surface area contributed by atoms with Gasteiger partial charge < -0.3 is 19.3 Å². The number of rotatable bonds is 4. The number of carbonyl (C=O) groups excluding carboxylic acids is 1. The molecule has 1 spiro atoms. The Labute approximate surface area is 138 Å². The van der Waals surface area contributed by atoms with Crippen LogP contribution in [0.5, 0.6) is 0 Å². The number of anilines is 1. The molecule has 0 aromatic heterocycles. The molecule has 126 valence electrons. The van der Waals surface area contributed by atoms with E-state index in [0.29, 0.717) is 32.8 Å². The molecule has 2 heterocycles. The molecule has 0 bridgehead atoms. The van der Waals surface area contributed by atoms with E-state index in [1.807, 2.05) is 11.0 Å². The second-order valence-electron chi connectivity index (χ2n) is 6.34. The first-order chi connectivity index (χ1) is 11.1. The average Bonchev–Trinajstić information content (AvgIpc) is 3.01. The van der Waals surface area contributed by atoms with Crippen LogP contribution in [0.15, 0.2) is 24.3 Å². The van der Waals surface area contributed by atoms with Gasteiger partial charge in [0.05, 0.1) is 19.8 Å². The minimum Gasteiger partial charge on any atom is -0.362 e. The van der Waals surface area contributed by atoms with Gasteiger partial charge in [-0.25, -0.2) is 0 Å². The predicted octanol–water partition coefficient (Wildman–Crippen LogP) is 2.19. The number of hydrogen-bond acceptors (Lipinski definition) is 4. The van der Waals surface area contributed by atoms with Crippen LogP contribution in [-0.2, 0) is 14.3 Å². The second kappa shape index (κ2) is 6.89. The molecule has 0 aliphatic carbocycles. The molecule has 0 atom stereocenters. The summed E-state index contributed by atoms with van der Waals surface area (Å²) in [5, 5.41) is 0. The first kappa shape index (κ1) is 16.3. The van der Waals surface area contributed by atoms with Crippen molar-refractivity contribution in [2.45, 2.75) is 32.5 Å². The topological polar surface area (TPSA) is 42.0 Å². The van der Waals surface area contributed by atoms with Gasteiger partial charge in [-0.3, -0.25) is 4.79 Å². The van der Waals surface area contributed by atoms with Crippen LogP contribution in [0.4, 0.5) is 5.69 Å². The first-order valence-corrected chi connectivity index (χ1v) is 8.49. The molecular formula is C18H26N2O3. The lowest BCUT2D eigenvalue weighted by molar-refractivity contribution is -0.187. The first-order valence-electron chi connectivity index (χ1n) is 8.49. The minimum atomic E-state index is -0.419. The summed E-state index contributed by atoms with van der Waals surface area (Å²) in [5.41, 5.74) is 2.32. The summed E-state index contributed by atoms with van der Waals surface area (Å²) in [7, 11) is 0. The molecule has 23 heavy (non-hydrogen) atoms. The fourth-order valence-corrected chi connectivity index (χ4v) is 3.36. The SMILES string of the molecule is CCN(CC(=O)N1CCC2(CC1)OCCO2)c1cccc(C)c1. The van der Waals surface area contributed by atoms with Crippen LogP contribution in [0.1, 0.15) is 25.3 Å². The highest BCUT2D eigenvalue weighted by molar-refractivity contribution is 5.81. The number of piperidine rings is 1. The van der Waals surface area contributed by atoms with Gasteiger partial charge in [0.25, 0.3) is 0 Å². The van der Waals surface area contributed by atoms with E-state index >= 15 is 0 Å². The smallest absolute Gasteiger partial charge is 0.242 e. The third-order valence-electron chi connectivity index (χ3n) is 4.77. The highest BCUT2D eigenvalue weighted by Crippen LogP contribution is 2.31. The fraction of sp³-hybridized carbons (Fsp3) is 0.611. The van der Waals surface area contributed by atoms with Gasteiger partial charge in [-0.1, -0.05) is 12.1 Å². The van der Waals surface area contributed by atoms with Crippen molar-refractivity contribution in [2.75, 3.05) is 44.3 Å². The van der Waals surface area contributed by atoms with E-state index in [2.05, 4.69) is 36.9 Å². The maximum absolute atomic E-state index is 12.6. The summed E-state index contributed by atoms with van der Waals surface area (Å²) >= 11 is 0. The molecule has 3 rings (SSSR count). The zero-order valence-corrected chi connectivity index (χ0v) is 14.1. The molecule has 5 heteroatoms. The van der Waals surface area contributed by atoms with Crippen molar-refractivity contribution in [3.63, 3.8) is 0 Å². The van der Waals surface area contributed by atoms with Crippen molar-refractivity contribution in [3.8, 4) is 0 Å². The fourth-order valence-electron chi connectivity index (χ4n) is 3.36. The van der Waals surface area contributed by atoms with Crippen molar-refractivity contribution in [1.82, 2.24) is 4.90 Å². The summed E-state index contributed by atoms with van der Waals surface area (Å²) in [6.07, 6.45) is 1.55. The van der Waals surface area contributed by atoms with Crippen LogP contribution in [0.2, 0.25) is 0 Å². The van der Waals surface area contributed by atoms with E-state index in [-0.39, 0.29) is 5.91 Å². The van der Waals surface area contributed by atoms with Gasteiger partial charge in [0.1, 0.15) is 0 Å². The average molecular weight is 318 g/mol. The number of carbonyl (C=O) groups is 1. The van der Waals surface area contributed by atoms with Crippen LogP contribution in [0, 0.1) is 6.92 Å². The summed E-state index contributed by atoms with van der Waals surface area (Å²) in [6.45, 7) is 8.17. The number of aryl methyl sites for hydroxylation is 1. The molecule has 1 amide bonds. The normalized spacial score (nSPS) is 20.0. The maximum Gasteiger partial charge on any atom is 0.242 e. The Morgan fingerprint density at radius 2 is 1.96 bits per heavy atom. The summed E-state index contributed by atoms with van der Waals surface area (Å²) in [5.74, 6) is -0.237. The second-order valence-corrected chi connectivity index (χ2v) is 6.34. The third kappa shape index (κ3) is 3.67. The lowest BCUT2D eigenvalue weighted by Gasteiger charge is -2.38. The van der Waals surface area contributed by atoms with Crippen LogP contribution in [0.3, 0.4) is 0 Å². The van der Waals surface area contributed by atoms with E-state index < -0.39 is 5.79 Å². The Morgan fingerprint density at radius 1 is 1.26 bits per heavy atom. The Hall–Kier alpha value is -1.59. The van der Waals surface area contributed by atoms with Gasteiger partial charge in [-0.2, -0.15) is 0 Å². The molecule has 2 aliphatic heterocycles. The van der Waals surface area contributed by atoms with Crippen LogP contribution in [-0.4, -0.2) is 56.0 Å². The van der Waals surface area contributed by atoms with Gasteiger partial charge in [-0.05, 0) is 31.5 Å². The van der Waals surface area contributed by atoms with Crippen molar-refractivity contribution in [3.05, 3.63) is 29.8 Å². The Kier molecular flexibility index (Phi) is 4.87. The number of ether oxygens (including phenoxy) is 2. The Balaban J connectivity index is 1.58. The number of benzene rings is 1. The zero-order chi connectivity index (χ0) is 16.3. The van der Waals surface area contributed by atoms with Gasteiger partial charge in [-0.15, -0.1) is 0 Å². The van der Waals surface area contributed by atoms with E-state index in [4.69, 9.17) is 9.47 Å². The lowest BCUT2D eigenvalue weighted by atomic mass is 10.0. The van der Waals surface area contributed by atoms with Gasteiger partial charge >= 0.3 is 0 Å². The van der Waals surface area contributed by atoms with Crippen molar-refractivity contribution in [1.29, 1.82) is 0 Å². The molecule has 2 saturated heterocycles. The molecular weight excluding hydrogens is 292 g/mol. The number of likely N-dealkylation sites (N-methyl/N-ethyl adjacent to an activating group) is 1. The molecule has 2 fully saturated rings. The molecule has 1 aromatic carbocycles. The number of hydrogen-bond donors (Lipinski definition) is 0. The quantitative estimate of drug-likeness (QED) is 0.853. The number of amides is 1. The van der Waals surface area contributed by atoms with Crippen LogP contribution in [0.25, 0.3) is 0 Å². The van der Waals surface area contributed by atoms with Gasteiger partial charge in [0, 0.05) is 38.2 Å². The molecule has 0 N–H and O–H groups in total. The molecule has 1 aromatic rings. The van der Waals surface area contributed by atoms with E-state index in [1.54, 1.807) is 0 Å². The van der Waals surface area contributed by atoms with Crippen molar-refractivity contribution < 1.29 is 14.3 Å². The predicted molar refractivity (Wildman–Crippen MR) is 89.5 cm³/mol. The largest absolute Gasteiger partial charge is 0.362 e. The van der Waals surface area contributed by atoms with Crippen LogP contribution >= 0.6 is 0 Å². The molecule has 0 unspecified atom stereocenters. The van der Waals surface area contributed by atoms with Gasteiger partial charge in [0.15, 0.2) is 5.79 Å². The molecule has 0 radical (unpaired) electrons. The van der Waals surface area contributed by atoms with Gasteiger partial charge in [0.2, 0.25) is 5.91 Å². The Bertz CT molecular complexity index is 545. The van der Waals surface area contributed by atoms with Crippen molar-refractivity contribution >= 4 is 11.6 Å². The highest BCUT2D eigenvalue weighted by Gasteiger charge is 2.40. The number of likely N-dealkylation sites (tertiary alicyclic amines) is 1. The minimum absolute atomic E-state index is 0.182. The third-order valence-corrected chi connectivity index (χ3v) is 4.77. The molecule has 5 nitrogen and oxygen atoms in total. The van der Waals surface area contributed by atoms with E-state index in [0.717, 1.165) is 25.1 Å². The maximum atomic E-state index is 12.6.